The summed E-state index contributed by atoms with van der Waals surface area (Å²) in [6, 6.07) is 11.0. The Morgan fingerprint density at radius 2 is 2.00 bits per heavy atom. The summed E-state index contributed by atoms with van der Waals surface area (Å²) in [5.41, 5.74) is 9.22. The van der Waals surface area contributed by atoms with Crippen LogP contribution in [0.3, 0.4) is 0 Å². The van der Waals surface area contributed by atoms with E-state index in [1.807, 2.05) is 12.1 Å². The summed E-state index contributed by atoms with van der Waals surface area (Å²) in [6.07, 6.45) is 2.30. The first-order chi connectivity index (χ1) is 10.1. The summed E-state index contributed by atoms with van der Waals surface area (Å²) in [7, 11) is 0. The molecule has 1 heterocycles. The number of anilines is 1. The zero-order chi connectivity index (χ0) is 14.6. The van der Waals surface area contributed by atoms with Crippen molar-refractivity contribution >= 4 is 32.7 Å². The van der Waals surface area contributed by atoms with E-state index in [0.717, 1.165) is 39.7 Å². The van der Waals surface area contributed by atoms with Crippen molar-refractivity contribution in [3.63, 3.8) is 0 Å². The number of hydrogen-bond acceptors (Lipinski definition) is 2. The van der Waals surface area contributed by atoms with Crippen LogP contribution in [0, 0.1) is 5.82 Å². The van der Waals surface area contributed by atoms with Gasteiger partial charge in [-0.2, -0.15) is 0 Å². The fraction of sp³-hybridized carbons (Fsp3) is 0.188. The van der Waals surface area contributed by atoms with Crippen LogP contribution in [0.25, 0.3) is 22.4 Å². The van der Waals surface area contributed by atoms with Crippen LogP contribution in [0.1, 0.15) is 18.9 Å². The topological polar surface area (TPSA) is 43.8 Å². The fourth-order valence-corrected chi connectivity index (χ4v) is 3.05. The third kappa shape index (κ3) is 2.12. The monoisotopic (exact) mass is 345 g/mol. The molecule has 0 radical (unpaired) electrons. The van der Waals surface area contributed by atoms with Crippen molar-refractivity contribution in [2.24, 2.45) is 0 Å². The zero-order valence-corrected chi connectivity index (χ0v) is 12.8. The molecule has 0 bridgehead atoms. The van der Waals surface area contributed by atoms with Gasteiger partial charge in [-0.25, -0.2) is 9.37 Å². The van der Waals surface area contributed by atoms with Crippen molar-refractivity contribution in [1.29, 1.82) is 0 Å². The molecule has 0 spiro atoms. The van der Waals surface area contributed by atoms with Crippen molar-refractivity contribution in [3.05, 3.63) is 46.7 Å². The number of benzene rings is 2. The van der Waals surface area contributed by atoms with Crippen LogP contribution in [0.2, 0.25) is 0 Å². The van der Waals surface area contributed by atoms with E-state index in [4.69, 9.17) is 10.7 Å². The highest BCUT2D eigenvalue weighted by Crippen LogP contribution is 2.42. The predicted octanol–water partition coefficient (Wildman–Crippen LogP) is 4.52. The summed E-state index contributed by atoms with van der Waals surface area (Å²) in [5, 5.41) is 0. The largest absolute Gasteiger partial charge is 0.398 e. The van der Waals surface area contributed by atoms with E-state index in [0.29, 0.717) is 11.7 Å². The maximum atomic E-state index is 13.3. The maximum Gasteiger partial charge on any atom is 0.143 e. The van der Waals surface area contributed by atoms with Crippen LogP contribution >= 0.6 is 15.9 Å². The first-order valence-corrected chi connectivity index (χ1v) is 7.65. The summed E-state index contributed by atoms with van der Waals surface area (Å²) in [6.45, 7) is 0. The highest BCUT2D eigenvalue weighted by Gasteiger charge is 2.29. The SMILES string of the molecule is Nc1cc(F)ccc1-c1nc2cc(Br)ccc2n1C1CC1. The van der Waals surface area contributed by atoms with Crippen LogP contribution in [0.4, 0.5) is 10.1 Å². The van der Waals surface area contributed by atoms with Crippen molar-refractivity contribution < 1.29 is 4.39 Å². The van der Waals surface area contributed by atoms with Crippen molar-refractivity contribution in [2.45, 2.75) is 18.9 Å². The zero-order valence-electron chi connectivity index (χ0n) is 11.2. The van der Waals surface area contributed by atoms with Gasteiger partial charge in [-0.1, -0.05) is 15.9 Å². The average Bonchev–Trinajstić information content (AvgIpc) is 3.20. The summed E-state index contributed by atoms with van der Waals surface area (Å²) < 4.78 is 16.5. The molecule has 0 amide bonds. The number of nitrogen functional groups attached to an aromatic ring is 1. The molecule has 1 aliphatic carbocycles. The number of imidazole rings is 1. The Morgan fingerprint density at radius 1 is 1.19 bits per heavy atom. The highest BCUT2D eigenvalue weighted by molar-refractivity contribution is 9.10. The third-order valence-electron chi connectivity index (χ3n) is 3.82. The number of hydrogen-bond donors (Lipinski definition) is 1. The molecule has 0 saturated heterocycles. The van der Waals surface area contributed by atoms with Gasteiger partial charge in [-0.05, 0) is 49.2 Å². The normalized spacial score (nSPS) is 14.8. The summed E-state index contributed by atoms with van der Waals surface area (Å²) in [5.74, 6) is 0.496. The maximum absolute atomic E-state index is 13.3. The molecule has 3 aromatic rings. The number of nitrogens with zero attached hydrogens (tertiary/aromatic N) is 2. The molecule has 21 heavy (non-hydrogen) atoms. The minimum atomic E-state index is -0.326. The fourth-order valence-electron chi connectivity index (χ4n) is 2.70. The highest BCUT2D eigenvalue weighted by atomic mass is 79.9. The van der Waals surface area contributed by atoms with Gasteiger partial charge in [0.05, 0.1) is 11.0 Å². The summed E-state index contributed by atoms with van der Waals surface area (Å²) in [4.78, 5) is 4.73. The number of nitrogens with two attached hydrogens (primary N) is 1. The van der Waals surface area contributed by atoms with Crippen molar-refractivity contribution in [3.8, 4) is 11.4 Å². The van der Waals surface area contributed by atoms with Crippen LogP contribution in [-0.4, -0.2) is 9.55 Å². The summed E-state index contributed by atoms with van der Waals surface area (Å²) >= 11 is 3.48. The molecule has 1 aromatic heterocycles. The van der Waals surface area contributed by atoms with E-state index in [9.17, 15) is 4.39 Å². The number of aromatic nitrogens is 2. The van der Waals surface area contributed by atoms with E-state index in [1.54, 1.807) is 6.07 Å². The quantitative estimate of drug-likeness (QED) is 0.693. The van der Waals surface area contributed by atoms with E-state index >= 15 is 0 Å². The third-order valence-corrected chi connectivity index (χ3v) is 4.31. The number of fused-ring (bicyclic) bond motifs is 1. The molecule has 106 valence electrons. The Morgan fingerprint density at radius 3 is 2.71 bits per heavy atom. The van der Waals surface area contributed by atoms with E-state index < -0.39 is 0 Å². The number of halogens is 2. The van der Waals surface area contributed by atoms with Gasteiger partial charge >= 0.3 is 0 Å². The lowest BCUT2D eigenvalue weighted by Crippen LogP contribution is -2.00. The second-order valence-electron chi connectivity index (χ2n) is 5.40. The van der Waals surface area contributed by atoms with Gasteiger partial charge in [0.25, 0.3) is 0 Å². The molecule has 1 saturated carbocycles. The Hall–Kier alpha value is -1.88. The van der Waals surface area contributed by atoms with Gasteiger partial charge in [0, 0.05) is 21.8 Å². The molecule has 2 aromatic carbocycles. The smallest absolute Gasteiger partial charge is 0.143 e. The molecule has 3 nitrogen and oxygen atoms in total. The molecule has 5 heteroatoms. The van der Waals surface area contributed by atoms with Gasteiger partial charge in [0.15, 0.2) is 0 Å². The molecular formula is C16H13BrFN3. The first-order valence-electron chi connectivity index (χ1n) is 6.86. The van der Waals surface area contributed by atoms with Gasteiger partial charge in [0.1, 0.15) is 11.6 Å². The Balaban J connectivity index is 2.01. The van der Waals surface area contributed by atoms with Crippen LogP contribution in [0.5, 0.6) is 0 Å². The van der Waals surface area contributed by atoms with Crippen molar-refractivity contribution in [1.82, 2.24) is 9.55 Å². The minimum Gasteiger partial charge on any atom is -0.398 e. The second-order valence-corrected chi connectivity index (χ2v) is 6.32. The van der Waals surface area contributed by atoms with Crippen molar-refractivity contribution in [2.75, 3.05) is 5.73 Å². The van der Waals surface area contributed by atoms with Gasteiger partial charge in [-0.3, -0.25) is 0 Å². The molecule has 4 rings (SSSR count). The van der Waals surface area contributed by atoms with E-state index in [2.05, 4.69) is 26.6 Å². The van der Waals surface area contributed by atoms with Gasteiger partial charge in [-0.15, -0.1) is 0 Å². The Kier molecular flexibility index (Phi) is 2.79. The predicted molar refractivity (Wildman–Crippen MR) is 85.5 cm³/mol. The molecule has 0 unspecified atom stereocenters. The van der Waals surface area contributed by atoms with Gasteiger partial charge < -0.3 is 10.3 Å². The second kappa shape index (κ2) is 4.56. The molecule has 1 aliphatic rings. The van der Waals surface area contributed by atoms with Crippen LogP contribution in [0.15, 0.2) is 40.9 Å². The van der Waals surface area contributed by atoms with E-state index in [-0.39, 0.29) is 5.82 Å². The molecular weight excluding hydrogens is 333 g/mol. The lowest BCUT2D eigenvalue weighted by Gasteiger charge is -2.09. The Bertz CT molecular complexity index is 852. The standard InChI is InChI=1S/C16H13BrFN3/c17-9-1-6-15-14(7-9)20-16(21(15)11-3-4-11)12-5-2-10(18)8-13(12)19/h1-2,5-8,11H,3-4,19H2. The minimum absolute atomic E-state index is 0.326. The average molecular weight is 346 g/mol. The molecule has 0 atom stereocenters. The van der Waals surface area contributed by atoms with Crippen LogP contribution in [-0.2, 0) is 0 Å². The van der Waals surface area contributed by atoms with Crippen LogP contribution < -0.4 is 5.73 Å². The first kappa shape index (κ1) is 12.8. The Labute approximate surface area is 129 Å². The van der Waals surface area contributed by atoms with Gasteiger partial charge in [0.2, 0.25) is 0 Å². The molecule has 1 fully saturated rings. The molecule has 0 aliphatic heterocycles. The molecule has 2 N–H and O–H groups in total. The number of rotatable bonds is 2. The van der Waals surface area contributed by atoms with E-state index in [1.165, 1.54) is 12.1 Å². The lowest BCUT2D eigenvalue weighted by molar-refractivity contribution is 0.628. The lowest BCUT2D eigenvalue weighted by atomic mass is 10.1.